The van der Waals surface area contributed by atoms with E-state index < -0.39 is 16.5 Å². The van der Waals surface area contributed by atoms with E-state index >= 15 is 0 Å². The van der Waals surface area contributed by atoms with Gasteiger partial charge in [0, 0.05) is 6.08 Å². The molecule has 1 aliphatic rings. The van der Waals surface area contributed by atoms with Crippen LogP contribution in [0.3, 0.4) is 0 Å². The molecule has 0 aromatic heterocycles. The molecule has 98 valence electrons. The zero-order valence-corrected chi connectivity index (χ0v) is 14.8. The summed E-state index contributed by atoms with van der Waals surface area (Å²) < 4.78 is 8.12. The van der Waals surface area contributed by atoms with Crippen LogP contribution in [0.15, 0.2) is 11.8 Å². The average molecular weight is 288 g/mol. The first-order chi connectivity index (χ1) is 7.70. The fourth-order valence-corrected chi connectivity index (χ4v) is 17.9. The molecule has 1 rings (SSSR count). The second-order valence-corrected chi connectivity index (χ2v) is 16.0. The molecular formula is C12H25NOSSi2. The molecule has 0 spiro atoms. The summed E-state index contributed by atoms with van der Waals surface area (Å²) in [7, 11) is -2.49. The fraction of sp³-hybridized carbons (Fsp3) is 0.750. The second kappa shape index (κ2) is 5.24. The quantitative estimate of drug-likeness (QED) is 0.442. The van der Waals surface area contributed by atoms with Crippen molar-refractivity contribution in [1.82, 2.24) is 4.23 Å². The topological polar surface area (TPSA) is 12.5 Å². The highest BCUT2D eigenvalue weighted by molar-refractivity contribution is 7.80. The molecule has 0 saturated carbocycles. The minimum Gasteiger partial charge on any atom is -0.484 e. The van der Waals surface area contributed by atoms with Crippen LogP contribution in [0, 0.1) is 0 Å². The number of thiocarbonyl (C=S) groups is 1. The van der Waals surface area contributed by atoms with Crippen LogP contribution in [-0.2, 0) is 4.74 Å². The zero-order chi connectivity index (χ0) is 13.3. The van der Waals surface area contributed by atoms with Gasteiger partial charge in [0.1, 0.15) is 16.5 Å². The van der Waals surface area contributed by atoms with E-state index in [2.05, 4.69) is 37.3 Å². The van der Waals surface area contributed by atoms with Gasteiger partial charge in [-0.05, 0) is 43.9 Å². The summed E-state index contributed by atoms with van der Waals surface area (Å²) in [4.78, 5) is 0. The third-order valence-corrected chi connectivity index (χ3v) is 14.0. The lowest BCUT2D eigenvalue weighted by atomic mass is 10.5. The van der Waals surface area contributed by atoms with Gasteiger partial charge in [-0.15, -0.1) is 0 Å². The van der Waals surface area contributed by atoms with E-state index in [9.17, 15) is 0 Å². The Kier molecular flexibility index (Phi) is 4.60. The van der Waals surface area contributed by atoms with E-state index in [1.54, 1.807) is 0 Å². The monoisotopic (exact) mass is 287 g/mol. The Morgan fingerprint density at radius 1 is 1.24 bits per heavy atom. The van der Waals surface area contributed by atoms with Crippen molar-refractivity contribution >= 4 is 33.7 Å². The van der Waals surface area contributed by atoms with Gasteiger partial charge in [0.05, 0.1) is 6.61 Å². The van der Waals surface area contributed by atoms with Crippen LogP contribution in [-0.4, -0.2) is 32.4 Å². The predicted octanol–water partition coefficient (Wildman–Crippen LogP) is 3.98. The van der Waals surface area contributed by atoms with Crippen LogP contribution in [0.2, 0.25) is 38.3 Å². The molecule has 0 aromatic rings. The fourth-order valence-electron chi connectivity index (χ4n) is 3.03. The Morgan fingerprint density at radius 3 is 2.12 bits per heavy atom. The molecule has 2 nitrogen and oxygen atoms in total. The average Bonchev–Trinajstić information content (AvgIpc) is 2.35. The molecule has 0 unspecified atom stereocenters. The van der Waals surface area contributed by atoms with Crippen LogP contribution in [0.25, 0.3) is 0 Å². The number of ether oxygens (including phenoxy) is 1. The molecule has 0 bridgehead atoms. The molecule has 0 radical (unpaired) electrons. The summed E-state index contributed by atoms with van der Waals surface area (Å²) in [5.74, 6) is 0. The number of rotatable bonds is 3. The summed E-state index contributed by atoms with van der Waals surface area (Å²) in [6, 6.07) is 2.83. The third-order valence-electron chi connectivity index (χ3n) is 3.53. The summed E-state index contributed by atoms with van der Waals surface area (Å²) in [5.41, 5.74) is 1.33. The number of hydrogen-bond donors (Lipinski definition) is 0. The summed E-state index contributed by atoms with van der Waals surface area (Å²) in [5, 5.41) is 0.631. The normalized spacial score (nSPS) is 22.7. The van der Waals surface area contributed by atoms with Gasteiger partial charge >= 0.3 is 0 Å². The van der Waals surface area contributed by atoms with Crippen molar-refractivity contribution in [2.24, 2.45) is 0 Å². The smallest absolute Gasteiger partial charge is 0.185 e. The Bertz CT molecular complexity index is 323. The van der Waals surface area contributed by atoms with Crippen LogP contribution < -0.4 is 0 Å². The Labute approximate surface area is 113 Å². The summed E-state index contributed by atoms with van der Waals surface area (Å²) in [6.07, 6.45) is 2.05. The van der Waals surface area contributed by atoms with E-state index in [0.717, 1.165) is 0 Å². The Hall–Kier alpha value is -0.136. The van der Waals surface area contributed by atoms with Crippen LogP contribution in [0.4, 0.5) is 0 Å². The van der Waals surface area contributed by atoms with Crippen molar-refractivity contribution in [2.75, 3.05) is 6.61 Å². The van der Waals surface area contributed by atoms with E-state index in [0.29, 0.717) is 11.7 Å². The molecule has 0 aromatic carbocycles. The number of nitrogens with zero attached hydrogens (tertiary/aromatic N) is 1. The molecule has 0 aliphatic carbocycles. The first kappa shape index (κ1) is 14.9. The van der Waals surface area contributed by atoms with Gasteiger partial charge in [-0.1, -0.05) is 26.2 Å². The Balaban J connectivity index is 2.93. The van der Waals surface area contributed by atoms with Crippen molar-refractivity contribution in [3.05, 3.63) is 11.8 Å². The van der Waals surface area contributed by atoms with Crippen molar-refractivity contribution in [2.45, 2.75) is 52.1 Å². The first-order valence-electron chi connectivity index (χ1n) is 6.36. The first-order valence-corrected chi connectivity index (χ1v) is 13.1. The van der Waals surface area contributed by atoms with Crippen LogP contribution >= 0.6 is 12.2 Å². The molecule has 1 aliphatic heterocycles. The Morgan fingerprint density at radius 2 is 1.71 bits per heavy atom. The van der Waals surface area contributed by atoms with Crippen molar-refractivity contribution in [3.8, 4) is 0 Å². The van der Waals surface area contributed by atoms with Crippen LogP contribution in [0.1, 0.15) is 13.8 Å². The van der Waals surface area contributed by atoms with Crippen molar-refractivity contribution in [1.29, 1.82) is 0 Å². The van der Waals surface area contributed by atoms with E-state index in [-0.39, 0.29) is 0 Å². The molecule has 0 N–H and O–H groups in total. The van der Waals surface area contributed by atoms with Gasteiger partial charge in [-0.25, -0.2) is 0 Å². The second-order valence-electron chi connectivity index (χ2n) is 6.00. The third kappa shape index (κ3) is 3.42. The molecule has 1 heterocycles. The highest BCUT2D eigenvalue weighted by Gasteiger charge is 2.47. The maximum absolute atomic E-state index is 5.37. The molecule has 0 atom stereocenters. The number of allylic oxidation sites excluding steroid dienone is 1. The van der Waals surface area contributed by atoms with E-state index in [4.69, 9.17) is 17.0 Å². The van der Waals surface area contributed by atoms with E-state index in [1.807, 2.05) is 13.0 Å². The lowest BCUT2D eigenvalue weighted by molar-refractivity contribution is 0.339. The minimum atomic E-state index is -1.25. The molecule has 1 fully saturated rings. The largest absolute Gasteiger partial charge is 0.484 e. The van der Waals surface area contributed by atoms with Gasteiger partial charge in [0.2, 0.25) is 0 Å². The standard InChI is InChI=1S/C12H25NOSSi2/c1-7-14-12(15)10-11(2)13-16(3,4)8-9-17(13,5)6/h10H,7-9H2,1-6H3. The predicted molar refractivity (Wildman–Crippen MR) is 84.4 cm³/mol. The molecule has 5 heteroatoms. The summed E-state index contributed by atoms with van der Waals surface area (Å²) >= 11 is 5.22. The summed E-state index contributed by atoms with van der Waals surface area (Å²) in [6.45, 7) is 14.7. The van der Waals surface area contributed by atoms with Gasteiger partial charge < -0.3 is 8.97 Å². The van der Waals surface area contributed by atoms with Gasteiger partial charge in [-0.2, -0.15) is 0 Å². The highest BCUT2D eigenvalue weighted by Crippen LogP contribution is 2.39. The lowest BCUT2D eigenvalue weighted by Gasteiger charge is -2.42. The molecule has 1 saturated heterocycles. The SMILES string of the molecule is CCOC(=S)C=C(C)N1[Si](C)(C)CC[Si]1(C)C. The molecule has 17 heavy (non-hydrogen) atoms. The number of hydrogen-bond acceptors (Lipinski definition) is 3. The zero-order valence-electron chi connectivity index (χ0n) is 12.0. The van der Waals surface area contributed by atoms with E-state index in [1.165, 1.54) is 17.8 Å². The van der Waals surface area contributed by atoms with Gasteiger partial charge in [0.15, 0.2) is 5.05 Å². The maximum atomic E-state index is 5.37. The van der Waals surface area contributed by atoms with Crippen molar-refractivity contribution < 1.29 is 4.74 Å². The molecular weight excluding hydrogens is 262 g/mol. The highest BCUT2D eigenvalue weighted by atomic mass is 32.1. The molecule has 0 amide bonds. The minimum absolute atomic E-state index is 0.631. The van der Waals surface area contributed by atoms with Gasteiger partial charge in [0.25, 0.3) is 0 Å². The maximum Gasteiger partial charge on any atom is 0.185 e. The van der Waals surface area contributed by atoms with Gasteiger partial charge in [-0.3, -0.25) is 0 Å². The van der Waals surface area contributed by atoms with Crippen LogP contribution in [0.5, 0.6) is 0 Å². The lowest BCUT2D eigenvalue weighted by Crippen LogP contribution is -2.53. The van der Waals surface area contributed by atoms with Crippen molar-refractivity contribution in [3.63, 3.8) is 0 Å².